The number of methoxy groups -OCH3 is 1. The van der Waals surface area contributed by atoms with Gasteiger partial charge in [0.15, 0.2) is 0 Å². The first-order valence-electron chi connectivity index (χ1n) is 9.21. The standard InChI is InChI=1S/C24H17ClN4O/c1-30-19-11-5-16(6-12-19)20-14-23(22-4-2-3-13-27-22)29-24(21(20)15-26)28-18-9-7-17(25)8-10-18/h2-14H,1H3,(H,28,29). The molecule has 4 rings (SSSR count). The molecule has 2 aromatic heterocycles. The van der Waals surface area contributed by atoms with E-state index in [2.05, 4.69) is 16.4 Å². The van der Waals surface area contributed by atoms with Crippen LogP contribution in [0, 0.1) is 11.3 Å². The van der Waals surface area contributed by atoms with Crippen LogP contribution in [-0.2, 0) is 0 Å². The molecule has 0 atom stereocenters. The highest BCUT2D eigenvalue weighted by atomic mass is 35.5. The maximum atomic E-state index is 9.95. The molecule has 2 aromatic carbocycles. The number of benzene rings is 2. The molecule has 2 heterocycles. The number of nitriles is 1. The molecule has 146 valence electrons. The number of ether oxygens (including phenoxy) is 1. The molecule has 5 nitrogen and oxygen atoms in total. The van der Waals surface area contributed by atoms with Gasteiger partial charge in [0, 0.05) is 22.5 Å². The Morgan fingerprint density at radius 3 is 2.37 bits per heavy atom. The van der Waals surface area contributed by atoms with Gasteiger partial charge in [0.25, 0.3) is 0 Å². The monoisotopic (exact) mass is 412 g/mol. The lowest BCUT2D eigenvalue weighted by molar-refractivity contribution is 0.415. The fourth-order valence-corrected chi connectivity index (χ4v) is 3.19. The van der Waals surface area contributed by atoms with Gasteiger partial charge in [0.2, 0.25) is 0 Å². The van der Waals surface area contributed by atoms with Crippen molar-refractivity contribution in [3.63, 3.8) is 0 Å². The molecule has 0 fully saturated rings. The normalized spacial score (nSPS) is 10.3. The number of aromatic nitrogens is 2. The lowest BCUT2D eigenvalue weighted by Gasteiger charge is -2.14. The zero-order valence-corrected chi connectivity index (χ0v) is 16.9. The second-order valence-corrected chi connectivity index (χ2v) is 6.90. The Bertz CT molecular complexity index is 1200. The lowest BCUT2D eigenvalue weighted by Crippen LogP contribution is -2.01. The van der Waals surface area contributed by atoms with Gasteiger partial charge in [-0.15, -0.1) is 0 Å². The zero-order valence-electron chi connectivity index (χ0n) is 16.1. The molecule has 0 saturated heterocycles. The number of hydrogen-bond acceptors (Lipinski definition) is 5. The van der Waals surface area contributed by atoms with E-state index in [-0.39, 0.29) is 0 Å². The van der Waals surface area contributed by atoms with Crippen molar-refractivity contribution in [3.05, 3.63) is 89.6 Å². The van der Waals surface area contributed by atoms with Gasteiger partial charge in [-0.25, -0.2) is 4.98 Å². The molecule has 0 saturated carbocycles. The average Bonchev–Trinajstić information content (AvgIpc) is 2.80. The van der Waals surface area contributed by atoms with Crippen molar-refractivity contribution in [1.82, 2.24) is 9.97 Å². The van der Waals surface area contributed by atoms with Crippen LogP contribution in [0.2, 0.25) is 5.02 Å². The molecule has 0 amide bonds. The Morgan fingerprint density at radius 1 is 0.967 bits per heavy atom. The van der Waals surface area contributed by atoms with E-state index in [0.29, 0.717) is 22.1 Å². The lowest BCUT2D eigenvalue weighted by atomic mass is 9.99. The van der Waals surface area contributed by atoms with E-state index in [0.717, 1.165) is 28.3 Å². The van der Waals surface area contributed by atoms with Gasteiger partial charge in [-0.05, 0) is 60.2 Å². The highest BCUT2D eigenvalue weighted by Crippen LogP contribution is 2.34. The van der Waals surface area contributed by atoms with Crippen molar-refractivity contribution in [1.29, 1.82) is 5.26 Å². The summed E-state index contributed by atoms with van der Waals surface area (Å²) in [5, 5.41) is 13.8. The summed E-state index contributed by atoms with van der Waals surface area (Å²) in [5.74, 6) is 1.20. The molecular weight excluding hydrogens is 396 g/mol. The van der Waals surface area contributed by atoms with Gasteiger partial charge in [0.1, 0.15) is 23.2 Å². The fraction of sp³-hybridized carbons (Fsp3) is 0.0417. The third-order valence-corrected chi connectivity index (χ3v) is 4.82. The molecule has 30 heavy (non-hydrogen) atoms. The molecule has 0 unspecified atom stereocenters. The van der Waals surface area contributed by atoms with Crippen molar-refractivity contribution < 1.29 is 4.74 Å². The van der Waals surface area contributed by atoms with Crippen LogP contribution >= 0.6 is 11.6 Å². The molecule has 0 bridgehead atoms. The maximum absolute atomic E-state index is 9.95. The topological polar surface area (TPSA) is 70.8 Å². The first-order chi connectivity index (χ1) is 14.7. The number of hydrogen-bond donors (Lipinski definition) is 1. The highest BCUT2D eigenvalue weighted by molar-refractivity contribution is 6.30. The summed E-state index contributed by atoms with van der Waals surface area (Å²) >= 11 is 5.99. The van der Waals surface area contributed by atoms with Crippen molar-refractivity contribution in [2.75, 3.05) is 12.4 Å². The van der Waals surface area contributed by atoms with Crippen LogP contribution in [0.4, 0.5) is 11.5 Å². The van der Waals surface area contributed by atoms with Crippen LogP contribution in [0.25, 0.3) is 22.5 Å². The summed E-state index contributed by atoms with van der Waals surface area (Å²) in [5.41, 5.74) is 4.24. The predicted molar refractivity (Wildman–Crippen MR) is 119 cm³/mol. The Kier molecular flexibility index (Phi) is 5.60. The van der Waals surface area contributed by atoms with Crippen LogP contribution in [0.15, 0.2) is 79.0 Å². The van der Waals surface area contributed by atoms with Gasteiger partial charge >= 0.3 is 0 Å². The first kappa shape index (κ1) is 19.4. The maximum Gasteiger partial charge on any atom is 0.149 e. The van der Waals surface area contributed by atoms with Crippen LogP contribution < -0.4 is 10.1 Å². The third-order valence-electron chi connectivity index (χ3n) is 4.57. The van der Waals surface area contributed by atoms with Crippen LogP contribution in [-0.4, -0.2) is 17.1 Å². The molecule has 6 heteroatoms. The Labute approximate surface area is 179 Å². The summed E-state index contributed by atoms with van der Waals surface area (Å²) in [6.45, 7) is 0. The van der Waals surface area contributed by atoms with Crippen LogP contribution in [0.5, 0.6) is 5.75 Å². The first-order valence-corrected chi connectivity index (χ1v) is 9.59. The number of nitrogens with one attached hydrogen (secondary N) is 1. The van der Waals surface area contributed by atoms with Crippen LogP contribution in [0.3, 0.4) is 0 Å². The quantitative estimate of drug-likeness (QED) is 0.429. The van der Waals surface area contributed by atoms with Gasteiger partial charge in [-0.1, -0.05) is 29.8 Å². The molecule has 0 aliphatic heterocycles. The fourth-order valence-electron chi connectivity index (χ4n) is 3.06. The van der Waals surface area contributed by atoms with Crippen molar-refractivity contribution >= 4 is 23.1 Å². The van der Waals surface area contributed by atoms with Gasteiger partial charge < -0.3 is 10.1 Å². The van der Waals surface area contributed by atoms with E-state index in [1.165, 1.54) is 0 Å². The summed E-state index contributed by atoms with van der Waals surface area (Å²) in [4.78, 5) is 9.11. The van der Waals surface area contributed by atoms with Gasteiger partial charge in [0.05, 0.1) is 18.5 Å². The molecule has 0 aliphatic rings. The minimum Gasteiger partial charge on any atom is -0.497 e. The molecular formula is C24H17ClN4O. The van der Waals surface area contributed by atoms with Crippen molar-refractivity contribution in [2.24, 2.45) is 0 Å². The summed E-state index contributed by atoms with van der Waals surface area (Å²) < 4.78 is 5.26. The summed E-state index contributed by atoms with van der Waals surface area (Å²) in [6, 6.07) is 24.6. The number of rotatable bonds is 5. The summed E-state index contributed by atoms with van der Waals surface area (Å²) in [7, 11) is 1.62. The minimum atomic E-state index is 0.440. The van der Waals surface area contributed by atoms with Crippen molar-refractivity contribution in [3.8, 4) is 34.3 Å². The Hall–Kier alpha value is -3.88. The minimum absolute atomic E-state index is 0.440. The van der Waals surface area contributed by atoms with Crippen molar-refractivity contribution in [2.45, 2.75) is 0 Å². The van der Waals surface area contributed by atoms with E-state index in [9.17, 15) is 5.26 Å². The number of anilines is 2. The Morgan fingerprint density at radius 2 is 1.73 bits per heavy atom. The number of nitrogens with zero attached hydrogens (tertiary/aromatic N) is 3. The smallest absolute Gasteiger partial charge is 0.149 e. The number of pyridine rings is 2. The molecule has 0 radical (unpaired) electrons. The second kappa shape index (κ2) is 8.64. The van der Waals surface area contributed by atoms with Crippen LogP contribution in [0.1, 0.15) is 5.56 Å². The summed E-state index contributed by atoms with van der Waals surface area (Å²) in [6.07, 6.45) is 1.72. The molecule has 1 N–H and O–H groups in total. The average molecular weight is 413 g/mol. The molecule has 4 aromatic rings. The number of halogens is 1. The van der Waals surface area contributed by atoms with Gasteiger partial charge in [-0.3, -0.25) is 4.98 Å². The predicted octanol–water partition coefficient (Wildman–Crippen LogP) is 6.09. The molecule has 0 aliphatic carbocycles. The Balaban J connectivity index is 1.88. The largest absolute Gasteiger partial charge is 0.497 e. The third kappa shape index (κ3) is 4.09. The van der Waals surface area contributed by atoms with E-state index in [1.807, 2.05) is 60.7 Å². The van der Waals surface area contributed by atoms with E-state index in [1.54, 1.807) is 25.4 Å². The SMILES string of the molecule is COc1ccc(-c2cc(-c3ccccn3)nc(Nc3ccc(Cl)cc3)c2C#N)cc1. The zero-order chi connectivity index (χ0) is 20.9. The van der Waals surface area contributed by atoms with E-state index in [4.69, 9.17) is 21.3 Å². The second-order valence-electron chi connectivity index (χ2n) is 6.47. The van der Waals surface area contributed by atoms with E-state index >= 15 is 0 Å². The molecule has 0 spiro atoms. The highest BCUT2D eigenvalue weighted by Gasteiger charge is 2.16. The van der Waals surface area contributed by atoms with E-state index < -0.39 is 0 Å². The van der Waals surface area contributed by atoms with Gasteiger partial charge in [-0.2, -0.15) is 5.26 Å².